The molecule has 0 aliphatic heterocycles. The van der Waals surface area contributed by atoms with Gasteiger partial charge in [0.05, 0.1) is 39.9 Å². The minimum absolute atomic E-state index is 0.00953. The Kier molecular flexibility index (Phi) is 66.2. The van der Waals surface area contributed by atoms with Crippen LogP contribution in [0.25, 0.3) is 0 Å². The van der Waals surface area contributed by atoms with E-state index < -0.39 is 26.6 Å². The summed E-state index contributed by atoms with van der Waals surface area (Å²) >= 11 is 0. The van der Waals surface area contributed by atoms with Crippen molar-refractivity contribution < 1.29 is 32.9 Å². The number of carbonyl (C=O) groups excluding carboxylic acids is 1. The average molecular weight is 1240 g/mol. The first kappa shape index (κ1) is 84.7. The number of rotatable bonds is 69. The standard InChI is InChI=1S/C78H145N2O6P/c1-6-8-10-12-14-16-18-20-22-24-26-28-30-32-34-36-37-38-39-40-41-42-43-44-46-48-50-52-54-56-58-60-62-64-66-68-70-72-78(82)79-76(75-86-87(83,84)85-74-73-80(3,4)5)77(81)71-69-67-65-63-61-59-57-55-53-51-49-47-45-35-33-31-29-27-25-23-21-19-17-15-13-11-9-7-2/h8,10,14,16,20,22,26,28,53,55,61,63,69,71,76-77,81H,6-7,9,11-13,15,17-19,21,23-25,27,29-52,54,56-60,62,64-68,70,72-75H2,1-5H3,(H-,79,82,83,84)/b10-8-,16-14-,22-20-,28-26-,55-53+,63-61+,71-69+. The third-order valence-electron chi connectivity index (χ3n) is 16.8. The van der Waals surface area contributed by atoms with Crippen molar-refractivity contribution in [1.29, 1.82) is 0 Å². The van der Waals surface area contributed by atoms with Gasteiger partial charge in [0.2, 0.25) is 5.91 Å². The molecule has 2 N–H and O–H groups in total. The van der Waals surface area contributed by atoms with Crippen molar-refractivity contribution in [3.63, 3.8) is 0 Å². The third kappa shape index (κ3) is 71.0. The predicted molar refractivity (Wildman–Crippen MR) is 380 cm³/mol. The summed E-state index contributed by atoms with van der Waals surface area (Å²) in [5, 5.41) is 14.0. The van der Waals surface area contributed by atoms with E-state index in [-0.39, 0.29) is 12.5 Å². The summed E-state index contributed by atoms with van der Waals surface area (Å²) in [4.78, 5) is 25.7. The van der Waals surface area contributed by atoms with E-state index in [4.69, 9.17) is 9.05 Å². The first-order valence-electron chi connectivity index (χ1n) is 37.4. The summed E-state index contributed by atoms with van der Waals surface area (Å²) in [5.74, 6) is -0.206. The first-order valence-corrected chi connectivity index (χ1v) is 38.9. The van der Waals surface area contributed by atoms with E-state index in [9.17, 15) is 19.4 Å². The topological polar surface area (TPSA) is 108 Å². The van der Waals surface area contributed by atoms with Gasteiger partial charge in [0.1, 0.15) is 13.2 Å². The maximum absolute atomic E-state index is 13.1. The van der Waals surface area contributed by atoms with Crippen LogP contribution in [0.5, 0.6) is 0 Å². The number of aliphatic hydroxyl groups is 1. The van der Waals surface area contributed by atoms with Crippen LogP contribution in [0.15, 0.2) is 85.1 Å². The molecule has 0 saturated carbocycles. The molecular formula is C78H145N2O6P. The molecule has 0 aliphatic carbocycles. The number of hydrogen-bond acceptors (Lipinski definition) is 6. The molecule has 87 heavy (non-hydrogen) atoms. The molecule has 0 aromatic rings. The largest absolute Gasteiger partial charge is 0.756 e. The summed E-state index contributed by atoms with van der Waals surface area (Å²) < 4.78 is 23.5. The highest BCUT2D eigenvalue weighted by Gasteiger charge is 2.23. The summed E-state index contributed by atoms with van der Waals surface area (Å²) in [6.45, 7) is 4.55. The molecule has 8 nitrogen and oxygen atoms in total. The molecule has 0 radical (unpaired) electrons. The Balaban J connectivity index is 4.03. The van der Waals surface area contributed by atoms with E-state index >= 15 is 0 Å². The minimum Gasteiger partial charge on any atom is -0.756 e. The van der Waals surface area contributed by atoms with Gasteiger partial charge >= 0.3 is 0 Å². The van der Waals surface area contributed by atoms with Crippen LogP contribution in [0.2, 0.25) is 0 Å². The third-order valence-corrected chi connectivity index (χ3v) is 17.8. The van der Waals surface area contributed by atoms with Crippen molar-refractivity contribution in [2.45, 2.75) is 366 Å². The van der Waals surface area contributed by atoms with Gasteiger partial charge in [-0.15, -0.1) is 0 Å². The Bertz CT molecular complexity index is 1700. The lowest BCUT2D eigenvalue weighted by Gasteiger charge is -2.29. The van der Waals surface area contributed by atoms with Crippen LogP contribution >= 0.6 is 7.82 Å². The number of hydrogen-bond donors (Lipinski definition) is 2. The Hall–Kier alpha value is -2.32. The number of aliphatic hydroxyl groups excluding tert-OH is 1. The van der Waals surface area contributed by atoms with Crippen molar-refractivity contribution >= 4 is 13.7 Å². The van der Waals surface area contributed by atoms with Gasteiger partial charge in [-0.25, -0.2) is 0 Å². The molecule has 9 heteroatoms. The number of unbranched alkanes of at least 4 members (excludes halogenated alkanes) is 44. The Morgan fingerprint density at radius 3 is 1.07 bits per heavy atom. The maximum Gasteiger partial charge on any atom is 0.268 e. The molecule has 0 fully saturated rings. The molecule has 0 rings (SSSR count). The van der Waals surface area contributed by atoms with Crippen LogP contribution in [0.1, 0.15) is 354 Å². The number of nitrogens with zero attached hydrogens (tertiary/aromatic N) is 1. The molecule has 3 atom stereocenters. The Morgan fingerprint density at radius 1 is 0.414 bits per heavy atom. The molecule has 0 aromatic heterocycles. The molecule has 0 heterocycles. The zero-order valence-electron chi connectivity index (χ0n) is 58.2. The maximum atomic E-state index is 13.1. The van der Waals surface area contributed by atoms with Gasteiger partial charge in [0.15, 0.2) is 0 Å². The monoisotopic (exact) mass is 1240 g/mol. The molecule has 508 valence electrons. The van der Waals surface area contributed by atoms with Crippen molar-refractivity contribution in [2.75, 3.05) is 40.9 Å². The van der Waals surface area contributed by atoms with Crippen LogP contribution in [-0.2, 0) is 18.4 Å². The lowest BCUT2D eigenvalue weighted by Crippen LogP contribution is -2.45. The number of amides is 1. The second kappa shape index (κ2) is 68.1. The van der Waals surface area contributed by atoms with E-state index in [2.05, 4.69) is 92.1 Å². The Morgan fingerprint density at radius 2 is 0.713 bits per heavy atom. The first-order chi connectivity index (χ1) is 42.5. The summed E-state index contributed by atoms with van der Waals surface area (Å²) in [6, 6.07) is -0.913. The Labute approximate surface area is 541 Å². The van der Waals surface area contributed by atoms with Crippen LogP contribution < -0.4 is 10.2 Å². The second-order valence-electron chi connectivity index (χ2n) is 26.6. The summed E-state index contributed by atoms with van der Waals surface area (Å²) in [7, 11) is 1.24. The summed E-state index contributed by atoms with van der Waals surface area (Å²) in [6.07, 6.45) is 97.4. The normalized spacial score (nSPS) is 14.1. The van der Waals surface area contributed by atoms with E-state index in [0.29, 0.717) is 17.4 Å². The van der Waals surface area contributed by atoms with Gasteiger partial charge in [0.25, 0.3) is 7.82 Å². The van der Waals surface area contributed by atoms with Gasteiger partial charge in [-0.3, -0.25) is 9.36 Å². The number of phosphoric acid groups is 1. The molecule has 0 bridgehead atoms. The highest BCUT2D eigenvalue weighted by Crippen LogP contribution is 2.38. The van der Waals surface area contributed by atoms with Gasteiger partial charge in [-0.1, -0.05) is 349 Å². The second-order valence-corrected chi connectivity index (χ2v) is 28.0. The van der Waals surface area contributed by atoms with Crippen molar-refractivity contribution in [3.05, 3.63) is 85.1 Å². The average Bonchev–Trinajstić information content (AvgIpc) is 3.70. The summed E-state index contributed by atoms with van der Waals surface area (Å²) in [5.41, 5.74) is 0. The van der Waals surface area contributed by atoms with Crippen LogP contribution in [0.4, 0.5) is 0 Å². The SMILES string of the molecule is CC/C=C\C/C=C\C/C=C\C/C=C\CCCCCCCCCCCCCCCCCCCCCCCCCCC(=O)NC(COP(=O)([O-])OCC[N+](C)(C)C)C(O)/C=C/CC/C=C/CC/C=C/CCCCCCCCCCCCCCCCCCCC. The predicted octanol–water partition coefficient (Wildman–Crippen LogP) is 23.6. The van der Waals surface area contributed by atoms with Crippen LogP contribution in [0, 0.1) is 0 Å². The van der Waals surface area contributed by atoms with E-state index in [1.54, 1.807) is 6.08 Å². The van der Waals surface area contributed by atoms with Crippen LogP contribution in [-0.4, -0.2) is 68.5 Å². The number of quaternary nitrogens is 1. The van der Waals surface area contributed by atoms with Crippen molar-refractivity contribution in [1.82, 2.24) is 5.32 Å². The number of phosphoric ester groups is 1. The van der Waals surface area contributed by atoms with Crippen molar-refractivity contribution in [3.8, 4) is 0 Å². The highest BCUT2D eigenvalue weighted by atomic mass is 31.2. The van der Waals surface area contributed by atoms with Gasteiger partial charge in [0, 0.05) is 6.42 Å². The quantitative estimate of drug-likeness (QED) is 0.0272. The minimum atomic E-state index is -4.62. The van der Waals surface area contributed by atoms with Gasteiger partial charge in [-0.05, 0) is 83.5 Å². The smallest absolute Gasteiger partial charge is 0.268 e. The van der Waals surface area contributed by atoms with E-state index in [1.807, 2.05) is 27.2 Å². The number of nitrogens with one attached hydrogen (secondary N) is 1. The van der Waals surface area contributed by atoms with E-state index in [1.165, 1.54) is 263 Å². The van der Waals surface area contributed by atoms with Gasteiger partial charge < -0.3 is 28.8 Å². The highest BCUT2D eigenvalue weighted by molar-refractivity contribution is 7.45. The molecule has 0 spiro atoms. The molecule has 1 amide bonds. The zero-order chi connectivity index (χ0) is 63.4. The van der Waals surface area contributed by atoms with Crippen molar-refractivity contribution in [2.24, 2.45) is 0 Å². The molecular weight excluding hydrogens is 1090 g/mol. The molecule has 0 aromatic carbocycles. The fourth-order valence-corrected chi connectivity index (χ4v) is 11.8. The van der Waals surface area contributed by atoms with Crippen LogP contribution in [0.3, 0.4) is 0 Å². The lowest BCUT2D eigenvalue weighted by molar-refractivity contribution is -0.870. The molecule has 3 unspecified atom stereocenters. The lowest BCUT2D eigenvalue weighted by atomic mass is 10.0. The van der Waals surface area contributed by atoms with E-state index in [0.717, 1.165) is 70.6 Å². The number of allylic oxidation sites excluding steroid dienone is 13. The fourth-order valence-electron chi connectivity index (χ4n) is 11.1. The number of carbonyl (C=O) groups is 1. The molecule has 0 aliphatic rings. The number of likely N-dealkylation sites (N-methyl/N-ethyl adjacent to an activating group) is 1. The molecule has 0 saturated heterocycles. The fraction of sp³-hybridized carbons (Fsp3) is 0.808. The van der Waals surface area contributed by atoms with Gasteiger partial charge in [-0.2, -0.15) is 0 Å². The zero-order valence-corrected chi connectivity index (χ0v) is 59.1.